The molecule has 2 nitrogen and oxygen atoms in total. The molecule has 1 heterocycles. The van der Waals surface area contributed by atoms with Crippen LogP contribution in [0.5, 0.6) is 0 Å². The summed E-state index contributed by atoms with van der Waals surface area (Å²) < 4.78 is 0. The van der Waals surface area contributed by atoms with Crippen LogP contribution in [0.15, 0.2) is 114 Å². The van der Waals surface area contributed by atoms with Crippen LogP contribution in [-0.2, 0) is 5.41 Å². The van der Waals surface area contributed by atoms with Crippen LogP contribution in [0.3, 0.4) is 0 Å². The molecule has 0 fully saturated rings. The minimum atomic E-state index is 0.0583. The molecule has 0 spiro atoms. The van der Waals surface area contributed by atoms with Crippen molar-refractivity contribution in [1.29, 1.82) is 0 Å². The lowest BCUT2D eigenvalue weighted by molar-refractivity contribution is 0.613. The van der Waals surface area contributed by atoms with E-state index in [2.05, 4.69) is 138 Å². The minimum absolute atomic E-state index is 0.0583. The van der Waals surface area contributed by atoms with Crippen LogP contribution in [0.2, 0.25) is 0 Å². The van der Waals surface area contributed by atoms with Gasteiger partial charge in [-0.3, -0.25) is 0 Å². The van der Waals surface area contributed by atoms with E-state index in [9.17, 15) is 0 Å². The Bertz CT molecular complexity index is 1830. The quantitative estimate of drug-likeness (QED) is 0.254. The van der Waals surface area contributed by atoms with Gasteiger partial charge in [-0.25, -0.2) is 9.97 Å². The molecule has 0 saturated heterocycles. The Balaban J connectivity index is 1.26. The van der Waals surface area contributed by atoms with Crippen LogP contribution in [0.4, 0.5) is 0 Å². The van der Waals surface area contributed by atoms with E-state index in [0.717, 1.165) is 41.2 Å². The molecule has 3 aliphatic carbocycles. The zero-order valence-electron chi connectivity index (χ0n) is 25.3. The van der Waals surface area contributed by atoms with Gasteiger partial charge in [0.25, 0.3) is 0 Å². The zero-order chi connectivity index (χ0) is 29.0. The average molecular weight is 547 g/mol. The summed E-state index contributed by atoms with van der Waals surface area (Å²) in [5, 5.41) is 0. The first kappa shape index (κ1) is 26.6. The first-order chi connectivity index (χ1) is 20.3. The lowest BCUT2D eigenvalue weighted by Crippen LogP contribution is -2.17. The summed E-state index contributed by atoms with van der Waals surface area (Å²) in [5.74, 6) is 1.70. The number of rotatable bonds is 4. The Morgan fingerprint density at radius 3 is 2.29 bits per heavy atom. The van der Waals surface area contributed by atoms with Crippen molar-refractivity contribution in [2.75, 3.05) is 0 Å². The normalized spacial score (nSPS) is 20.6. The number of nitrogens with zero attached hydrogens (tertiary/aromatic N) is 2. The molecule has 208 valence electrons. The molecule has 2 atom stereocenters. The van der Waals surface area contributed by atoms with Gasteiger partial charge in [-0.1, -0.05) is 129 Å². The Hall–Kier alpha value is -4.30. The molecule has 2 heteroatoms. The van der Waals surface area contributed by atoms with E-state index in [0.29, 0.717) is 11.8 Å². The molecule has 42 heavy (non-hydrogen) atoms. The summed E-state index contributed by atoms with van der Waals surface area (Å²) in [6, 6.07) is 28.6. The van der Waals surface area contributed by atoms with Gasteiger partial charge >= 0.3 is 0 Å². The van der Waals surface area contributed by atoms with Gasteiger partial charge in [0.2, 0.25) is 0 Å². The van der Waals surface area contributed by atoms with Gasteiger partial charge in [0.05, 0.1) is 11.4 Å². The molecule has 0 bridgehead atoms. The van der Waals surface area contributed by atoms with Crippen molar-refractivity contribution < 1.29 is 0 Å². The third-order valence-corrected chi connectivity index (χ3v) is 9.51. The van der Waals surface area contributed by atoms with Crippen molar-refractivity contribution in [1.82, 2.24) is 9.97 Å². The van der Waals surface area contributed by atoms with Gasteiger partial charge in [0.15, 0.2) is 5.82 Å². The zero-order valence-corrected chi connectivity index (χ0v) is 25.3. The maximum Gasteiger partial charge on any atom is 0.160 e. The van der Waals surface area contributed by atoms with Gasteiger partial charge in [-0.15, -0.1) is 0 Å². The Labute approximate surface area is 250 Å². The van der Waals surface area contributed by atoms with Crippen LogP contribution in [0.1, 0.15) is 74.4 Å². The fraction of sp³-hybridized carbons (Fsp3) is 0.250. The first-order valence-corrected chi connectivity index (χ1v) is 15.3. The SMILES string of the molecule is CC1=CCC(C)C(c2cc(-c3ccc(C4=CCC5C(=C4)C(C)(C)c4ccccc45)cc3)nc(-c3cccc(C)c3)n2)=C1. The van der Waals surface area contributed by atoms with E-state index in [1.807, 2.05) is 0 Å². The molecule has 0 aliphatic heterocycles. The summed E-state index contributed by atoms with van der Waals surface area (Å²) in [7, 11) is 0. The molecule has 4 aromatic rings. The van der Waals surface area contributed by atoms with Gasteiger partial charge in [-0.2, -0.15) is 0 Å². The van der Waals surface area contributed by atoms with Crippen molar-refractivity contribution >= 4 is 11.1 Å². The highest BCUT2D eigenvalue weighted by molar-refractivity contribution is 5.80. The fourth-order valence-corrected chi connectivity index (χ4v) is 7.09. The molecule has 0 N–H and O–H groups in total. The van der Waals surface area contributed by atoms with Crippen molar-refractivity contribution in [2.24, 2.45) is 5.92 Å². The Morgan fingerprint density at radius 1 is 0.714 bits per heavy atom. The number of hydrogen-bond acceptors (Lipinski definition) is 2. The summed E-state index contributed by atoms with van der Waals surface area (Å²) in [4.78, 5) is 10.2. The van der Waals surface area contributed by atoms with Crippen molar-refractivity contribution in [3.05, 3.63) is 142 Å². The van der Waals surface area contributed by atoms with Gasteiger partial charge in [0.1, 0.15) is 0 Å². The minimum Gasteiger partial charge on any atom is -0.228 e. The molecule has 3 aliphatic rings. The second-order valence-corrected chi connectivity index (χ2v) is 12.9. The number of aryl methyl sites for hydroxylation is 1. The largest absolute Gasteiger partial charge is 0.228 e. The highest BCUT2D eigenvalue weighted by atomic mass is 14.9. The third kappa shape index (κ3) is 4.60. The highest BCUT2D eigenvalue weighted by Crippen LogP contribution is 2.54. The predicted octanol–water partition coefficient (Wildman–Crippen LogP) is 10.3. The summed E-state index contributed by atoms with van der Waals surface area (Å²) in [5.41, 5.74) is 15.1. The second-order valence-electron chi connectivity index (χ2n) is 12.9. The fourth-order valence-electron chi connectivity index (χ4n) is 7.09. The van der Waals surface area contributed by atoms with E-state index in [1.54, 1.807) is 0 Å². The maximum absolute atomic E-state index is 5.11. The monoisotopic (exact) mass is 546 g/mol. The van der Waals surface area contributed by atoms with E-state index < -0.39 is 0 Å². The highest BCUT2D eigenvalue weighted by Gasteiger charge is 2.41. The molecule has 1 aromatic heterocycles. The summed E-state index contributed by atoms with van der Waals surface area (Å²) in [6.07, 6.45) is 11.6. The number of aromatic nitrogens is 2. The molecule has 0 radical (unpaired) electrons. The molecule has 2 unspecified atom stereocenters. The number of benzene rings is 3. The summed E-state index contributed by atoms with van der Waals surface area (Å²) in [6.45, 7) is 11.3. The van der Waals surface area contributed by atoms with E-state index >= 15 is 0 Å². The lowest BCUT2D eigenvalue weighted by atomic mass is 9.77. The van der Waals surface area contributed by atoms with Crippen LogP contribution >= 0.6 is 0 Å². The van der Waals surface area contributed by atoms with Crippen LogP contribution in [0, 0.1) is 12.8 Å². The van der Waals surface area contributed by atoms with Crippen LogP contribution in [0.25, 0.3) is 33.8 Å². The van der Waals surface area contributed by atoms with Crippen molar-refractivity contribution in [3.8, 4) is 22.6 Å². The third-order valence-electron chi connectivity index (χ3n) is 9.51. The molecular weight excluding hydrogens is 508 g/mol. The van der Waals surface area contributed by atoms with E-state index in [-0.39, 0.29) is 5.41 Å². The number of fused-ring (bicyclic) bond motifs is 3. The van der Waals surface area contributed by atoms with Crippen molar-refractivity contribution in [3.63, 3.8) is 0 Å². The Kier molecular flexibility index (Phi) is 6.46. The standard InChI is InChI=1S/C40H38N2/c1-25-9-8-10-31(21-25)39-41-37(24-38(42-39)34-22-26(2)13-14-27(34)3)29-17-15-28(16-18-29)30-19-20-33-32-11-6-7-12-35(32)40(4,5)36(33)23-30/h6-13,15-19,21-24,27,33H,14,20H2,1-5H3. The van der Waals surface area contributed by atoms with Crippen molar-refractivity contribution in [2.45, 2.75) is 58.8 Å². The van der Waals surface area contributed by atoms with E-state index in [1.165, 1.54) is 44.5 Å². The first-order valence-electron chi connectivity index (χ1n) is 15.3. The van der Waals surface area contributed by atoms with Gasteiger partial charge in [0, 0.05) is 22.5 Å². The maximum atomic E-state index is 5.11. The van der Waals surface area contributed by atoms with E-state index in [4.69, 9.17) is 9.97 Å². The molecular formula is C40H38N2. The van der Waals surface area contributed by atoms with Crippen LogP contribution < -0.4 is 0 Å². The molecule has 3 aromatic carbocycles. The topological polar surface area (TPSA) is 25.8 Å². The second kappa shape index (κ2) is 10.2. The number of hydrogen-bond donors (Lipinski definition) is 0. The average Bonchev–Trinajstić information content (AvgIpc) is 3.24. The summed E-state index contributed by atoms with van der Waals surface area (Å²) >= 11 is 0. The van der Waals surface area contributed by atoms with Gasteiger partial charge in [-0.05, 0) is 72.6 Å². The molecule has 0 saturated carbocycles. The lowest BCUT2D eigenvalue weighted by Gasteiger charge is -2.27. The van der Waals surface area contributed by atoms with Gasteiger partial charge < -0.3 is 0 Å². The number of allylic oxidation sites excluding steroid dienone is 8. The molecule has 7 rings (SSSR count). The smallest absolute Gasteiger partial charge is 0.160 e. The molecule has 0 amide bonds. The Morgan fingerprint density at radius 2 is 1.48 bits per heavy atom. The predicted molar refractivity (Wildman–Crippen MR) is 176 cm³/mol. The van der Waals surface area contributed by atoms with Crippen LogP contribution in [-0.4, -0.2) is 9.97 Å².